The highest BCUT2D eigenvalue weighted by molar-refractivity contribution is 5.30. The summed E-state index contributed by atoms with van der Waals surface area (Å²) in [5, 5.41) is 2.69. The first kappa shape index (κ1) is 13.7. The van der Waals surface area contributed by atoms with Crippen molar-refractivity contribution in [1.82, 2.24) is 14.3 Å². The number of para-hydroxylation sites is 1. The van der Waals surface area contributed by atoms with Gasteiger partial charge in [0.05, 0.1) is 11.7 Å². The molecule has 0 fully saturated rings. The molecule has 1 aliphatic carbocycles. The van der Waals surface area contributed by atoms with E-state index in [1.54, 1.807) is 12.1 Å². The predicted octanol–water partition coefficient (Wildman–Crippen LogP) is 2.39. The predicted molar refractivity (Wildman–Crippen MR) is 81.9 cm³/mol. The van der Waals surface area contributed by atoms with E-state index in [0.717, 1.165) is 19.3 Å². The van der Waals surface area contributed by atoms with Gasteiger partial charge in [0, 0.05) is 0 Å². The number of hydrogen-bond donors (Lipinski definition) is 1. The van der Waals surface area contributed by atoms with Crippen LogP contribution in [0, 0.1) is 0 Å². The summed E-state index contributed by atoms with van der Waals surface area (Å²) in [5.41, 5.74) is -0.0968. The molecule has 0 saturated carbocycles. The van der Waals surface area contributed by atoms with Crippen molar-refractivity contribution in [2.24, 2.45) is 0 Å². The number of nitrogens with one attached hydrogen (secondary N) is 1. The van der Waals surface area contributed by atoms with Crippen molar-refractivity contribution in [3.63, 3.8) is 0 Å². The van der Waals surface area contributed by atoms with E-state index >= 15 is 0 Å². The molecule has 3 rings (SSSR count). The molecule has 5 heteroatoms. The summed E-state index contributed by atoms with van der Waals surface area (Å²) >= 11 is 0. The molecule has 0 bridgehead atoms. The smallest absolute Gasteiger partial charge is 0.246 e. The first-order chi connectivity index (χ1) is 10.3. The van der Waals surface area contributed by atoms with Gasteiger partial charge in [0.2, 0.25) is 0 Å². The van der Waals surface area contributed by atoms with Crippen molar-refractivity contribution < 1.29 is 0 Å². The van der Waals surface area contributed by atoms with Crippen molar-refractivity contribution in [2.75, 3.05) is 0 Å². The molecule has 1 aromatic heterocycles. The minimum Gasteiger partial charge on any atom is -0.246 e. The molecule has 0 radical (unpaired) electrons. The number of rotatable bonds is 2. The van der Waals surface area contributed by atoms with Crippen LogP contribution >= 0.6 is 0 Å². The Hall–Kier alpha value is -2.30. The van der Waals surface area contributed by atoms with Gasteiger partial charge >= 0.3 is 11.4 Å². The highest BCUT2D eigenvalue weighted by Crippen LogP contribution is 2.19. The first-order valence-electron chi connectivity index (χ1n) is 7.43. The van der Waals surface area contributed by atoms with Crippen LogP contribution < -0.4 is 11.4 Å². The lowest BCUT2D eigenvalue weighted by atomic mass is 10.0. The Kier molecular flexibility index (Phi) is 3.90. The number of H-pyrrole nitrogens is 1. The van der Waals surface area contributed by atoms with Crippen LogP contribution in [-0.2, 0) is 0 Å². The fraction of sp³-hybridized carbons (Fsp3) is 0.375. The van der Waals surface area contributed by atoms with Gasteiger partial charge in [-0.2, -0.15) is 0 Å². The molecule has 0 aliphatic heterocycles. The van der Waals surface area contributed by atoms with Gasteiger partial charge in [-0.1, -0.05) is 43.2 Å². The lowest BCUT2D eigenvalue weighted by Gasteiger charge is -2.14. The monoisotopic (exact) mass is 285 g/mol. The molecule has 1 N–H and O–H groups in total. The van der Waals surface area contributed by atoms with Gasteiger partial charge in [0.25, 0.3) is 0 Å². The van der Waals surface area contributed by atoms with Gasteiger partial charge in [-0.15, -0.1) is 0 Å². The standard InChI is InChI=1S/C16H19N3O2/c20-15-17-19(14-11-5-2-1-3-6-12-14)16(21)18(15)13-9-7-4-8-10-13/h4-5,7-11,14H,1-3,6,12H2,(H,17,20)/b11-5-. The quantitative estimate of drug-likeness (QED) is 0.861. The number of aromatic nitrogens is 3. The van der Waals surface area contributed by atoms with E-state index < -0.39 is 0 Å². The second-order valence-corrected chi connectivity index (χ2v) is 5.37. The second kappa shape index (κ2) is 5.99. The van der Waals surface area contributed by atoms with Crippen LogP contribution in [0.1, 0.15) is 38.1 Å². The molecule has 1 unspecified atom stereocenters. The lowest BCUT2D eigenvalue weighted by Crippen LogP contribution is -2.29. The average Bonchev–Trinajstić information content (AvgIpc) is 2.75. The minimum absolute atomic E-state index is 0.0598. The number of allylic oxidation sites excluding steroid dienone is 2. The van der Waals surface area contributed by atoms with Crippen LogP contribution in [0.15, 0.2) is 52.1 Å². The van der Waals surface area contributed by atoms with Crippen LogP contribution in [0.5, 0.6) is 0 Å². The van der Waals surface area contributed by atoms with E-state index in [1.807, 2.05) is 24.3 Å². The maximum absolute atomic E-state index is 12.5. The Bertz CT molecular complexity index is 737. The van der Waals surface area contributed by atoms with E-state index in [-0.39, 0.29) is 17.4 Å². The molecule has 2 aromatic rings. The Labute approximate surface area is 122 Å². The molecule has 0 saturated heterocycles. The summed E-state index contributed by atoms with van der Waals surface area (Å²) in [6, 6.07) is 8.94. The van der Waals surface area contributed by atoms with Crippen LogP contribution in [0.2, 0.25) is 0 Å². The zero-order chi connectivity index (χ0) is 14.7. The number of benzene rings is 1. The van der Waals surface area contributed by atoms with E-state index in [1.165, 1.54) is 22.1 Å². The van der Waals surface area contributed by atoms with E-state index in [4.69, 9.17) is 0 Å². The zero-order valence-electron chi connectivity index (χ0n) is 11.9. The highest BCUT2D eigenvalue weighted by atomic mass is 16.2. The number of nitrogens with zero attached hydrogens (tertiary/aromatic N) is 2. The van der Waals surface area contributed by atoms with Crippen molar-refractivity contribution in [3.05, 3.63) is 63.5 Å². The maximum atomic E-state index is 12.5. The van der Waals surface area contributed by atoms with Crippen molar-refractivity contribution in [1.29, 1.82) is 0 Å². The summed E-state index contributed by atoms with van der Waals surface area (Å²) in [4.78, 5) is 24.7. The number of hydrogen-bond acceptors (Lipinski definition) is 2. The van der Waals surface area contributed by atoms with Crippen LogP contribution in [0.3, 0.4) is 0 Å². The van der Waals surface area contributed by atoms with E-state index in [2.05, 4.69) is 11.2 Å². The first-order valence-corrected chi connectivity index (χ1v) is 7.43. The molecule has 0 amide bonds. The molecule has 1 aliphatic rings. The Morgan fingerprint density at radius 1 is 1.05 bits per heavy atom. The normalized spacial score (nSPS) is 20.7. The van der Waals surface area contributed by atoms with Crippen LogP contribution in [-0.4, -0.2) is 14.3 Å². The maximum Gasteiger partial charge on any atom is 0.352 e. The molecule has 110 valence electrons. The highest BCUT2D eigenvalue weighted by Gasteiger charge is 2.17. The SMILES string of the molecule is O=c1[nH]n(C2/C=C\CCCCC2)c(=O)n1-c1ccccc1. The van der Waals surface area contributed by atoms with Crippen LogP contribution in [0.4, 0.5) is 0 Å². The summed E-state index contributed by atoms with van der Waals surface area (Å²) in [6.45, 7) is 0. The zero-order valence-corrected chi connectivity index (χ0v) is 11.9. The third-order valence-electron chi connectivity index (χ3n) is 3.89. The van der Waals surface area contributed by atoms with Crippen molar-refractivity contribution in [2.45, 2.75) is 38.1 Å². The summed E-state index contributed by atoms with van der Waals surface area (Å²) in [5.74, 6) is 0. The number of aromatic amines is 1. The fourth-order valence-electron chi connectivity index (χ4n) is 2.78. The molecule has 1 heterocycles. The molecule has 0 spiro atoms. The van der Waals surface area contributed by atoms with E-state index in [0.29, 0.717) is 5.69 Å². The van der Waals surface area contributed by atoms with Crippen molar-refractivity contribution >= 4 is 0 Å². The van der Waals surface area contributed by atoms with Gasteiger partial charge < -0.3 is 0 Å². The van der Waals surface area contributed by atoms with Gasteiger partial charge in [-0.05, 0) is 31.4 Å². The molecule has 5 nitrogen and oxygen atoms in total. The fourth-order valence-corrected chi connectivity index (χ4v) is 2.78. The third-order valence-corrected chi connectivity index (χ3v) is 3.89. The average molecular weight is 285 g/mol. The summed E-state index contributed by atoms with van der Waals surface area (Å²) in [6.07, 6.45) is 9.49. The van der Waals surface area contributed by atoms with Gasteiger partial charge in [0.15, 0.2) is 0 Å². The minimum atomic E-state index is -0.387. The molecule has 1 atom stereocenters. The van der Waals surface area contributed by atoms with Crippen LogP contribution in [0.25, 0.3) is 5.69 Å². The van der Waals surface area contributed by atoms with Crippen molar-refractivity contribution in [3.8, 4) is 5.69 Å². The Balaban J connectivity index is 2.04. The van der Waals surface area contributed by atoms with Gasteiger partial charge in [0.1, 0.15) is 0 Å². The Morgan fingerprint density at radius 3 is 2.67 bits per heavy atom. The third kappa shape index (κ3) is 2.77. The largest absolute Gasteiger partial charge is 0.352 e. The molecule has 21 heavy (non-hydrogen) atoms. The van der Waals surface area contributed by atoms with E-state index in [9.17, 15) is 9.59 Å². The molecular weight excluding hydrogens is 266 g/mol. The summed E-state index contributed by atoms with van der Waals surface area (Å²) in [7, 11) is 0. The van der Waals surface area contributed by atoms with Gasteiger partial charge in [-0.3, -0.25) is 0 Å². The second-order valence-electron chi connectivity index (χ2n) is 5.37. The lowest BCUT2D eigenvalue weighted by molar-refractivity contribution is 0.452. The Morgan fingerprint density at radius 2 is 1.86 bits per heavy atom. The molecular formula is C16H19N3O2. The summed E-state index contributed by atoms with van der Waals surface area (Å²) < 4.78 is 2.64. The van der Waals surface area contributed by atoms with Gasteiger partial charge in [-0.25, -0.2) is 23.9 Å². The molecule has 1 aromatic carbocycles. The topological polar surface area (TPSA) is 59.8 Å².